The van der Waals surface area contributed by atoms with Crippen molar-refractivity contribution >= 4 is 34.8 Å². The minimum absolute atomic E-state index is 0.205. The number of benzene rings is 1. The van der Waals surface area contributed by atoms with Crippen molar-refractivity contribution in [2.45, 2.75) is 0 Å². The number of halogens is 2. The second kappa shape index (κ2) is 4.49. The fraction of sp³-hybridized carbons (Fsp3) is 0.100. The van der Waals surface area contributed by atoms with Crippen LogP contribution in [0.1, 0.15) is 0 Å². The smallest absolute Gasteiger partial charge is 0.250 e. The average Bonchev–Trinajstić information content (AvgIpc) is 2.14. The maximum absolute atomic E-state index is 11.3. The molecule has 0 atom stereocenters. The van der Waals surface area contributed by atoms with Crippen molar-refractivity contribution in [2.24, 2.45) is 0 Å². The van der Waals surface area contributed by atoms with Crippen molar-refractivity contribution in [2.75, 3.05) is 11.9 Å². The number of amides is 1. The minimum Gasteiger partial charge on any atom is -0.312 e. The van der Waals surface area contributed by atoms with Gasteiger partial charge >= 0.3 is 0 Å². The van der Waals surface area contributed by atoms with E-state index < -0.39 is 0 Å². The van der Waals surface area contributed by atoms with Crippen molar-refractivity contribution in [1.82, 2.24) is 0 Å². The van der Waals surface area contributed by atoms with Crippen LogP contribution in [0.3, 0.4) is 0 Å². The zero-order valence-corrected chi connectivity index (χ0v) is 9.14. The van der Waals surface area contributed by atoms with Gasteiger partial charge in [-0.2, -0.15) is 0 Å². The van der Waals surface area contributed by atoms with Gasteiger partial charge in [0.15, 0.2) is 0 Å². The first kappa shape index (κ1) is 11.1. The number of nitrogens with zero attached hydrogens (tertiary/aromatic N) is 1. The van der Waals surface area contributed by atoms with Crippen molar-refractivity contribution in [3.8, 4) is 0 Å². The zero-order chi connectivity index (χ0) is 10.7. The Kier molecular flexibility index (Phi) is 3.55. The van der Waals surface area contributed by atoms with Crippen LogP contribution in [0.2, 0.25) is 10.0 Å². The van der Waals surface area contributed by atoms with Gasteiger partial charge in [0.25, 0.3) is 0 Å². The molecule has 1 aromatic rings. The number of anilines is 1. The molecule has 0 fully saturated rings. The Morgan fingerprint density at radius 1 is 1.36 bits per heavy atom. The normalized spacial score (nSPS) is 9.64. The van der Waals surface area contributed by atoms with Crippen LogP contribution in [0.25, 0.3) is 0 Å². The van der Waals surface area contributed by atoms with E-state index in [1.807, 2.05) is 0 Å². The molecule has 0 unspecified atom stereocenters. The topological polar surface area (TPSA) is 20.3 Å². The largest absolute Gasteiger partial charge is 0.312 e. The molecule has 0 radical (unpaired) electrons. The molecular formula is C10H9Cl2NO. The summed E-state index contributed by atoms with van der Waals surface area (Å²) in [6.07, 6.45) is 1.23. The molecule has 0 aliphatic rings. The van der Waals surface area contributed by atoms with Crippen molar-refractivity contribution in [3.05, 3.63) is 40.9 Å². The van der Waals surface area contributed by atoms with Crippen LogP contribution in [0.4, 0.5) is 5.69 Å². The van der Waals surface area contributed by atoms with Gasteiger partial charge in [0.1, 0.15) is 0 Å². The van der Waals surface area contributed by atoms with Gasteiger partial charge in [0, 0.05) is 22.8 Å². The highest BCUT2D eigenvalue weighted by Gasteiger charge is 2.08. The second-order valence-electron chi connectivity index (χ2n) is 2.73. The van der Waals surface area contributed by atoms with Crippen LogP contribution >= 0.6 is 23.2 Å². The van der Waals surface area contributed by atoms with Gasteiger partial charge in [-0.3, -0.25) is 4.79 Å². The summed E-state index contributed by atoms with van der Waals surface area (Å²) in [6, 6.07) is 4.93. The van der Waals surface area contributed by atoms with Gasteiger partial charge in [0.05, 0.1) is 0 Å². The van der Waals surface area contributed by atoms with Crippen LogP contribution in [-0.2, 0) is 4.79 Å². The van der Waals surface area contributed by atoms with E-state index >= 15 is 0 Å². The quantitative estimate of drug-likeness (QED) is 0.714. The van der Waals surface area contributed by atoms with Gasteiger partial charge in [-0.25, -0.2) is 0 Å². The molecule has 0 spiro atoms. The first-order valence-electron chi connectivity index (χ1n) is 3.91. The molecule has 2 nitrogen and oxygen atoms in total. The van der Waals surface area contributed by atoms with Crippen LogP contribution in [0.15, 0.2) is 30.9 Å². The van der Waals surface area contributed by atoms with Gasteiger partial charge < -0.3 is 4.90 Å². The zero-order valence-electron chi connectivity index (χ0n) is 7.63. The van der Waals surface area contributed by atoms with Gasteiger partial charge in [-0.15, -0.1) is 0 Å². The third kappa shape index (κ3) is 2.50. The Bertz CT molecular complexity index is 356. The SMILES string of the molecule is C=CC(=O)N(C)c1cc(Cl)cc(Cl)c1. The van der Waals surface area contributed by atoms with Crippen molar-refractivity contribution in [1.29, 1.82) is 0 Å². The number of likely N-dealkylation sites (N-methyl/N-ethyl adjacent to an activating group) is 1. The number of hydrogen-bond acceptors (Lipinski definition) is 1. The Morgan fingerprint density at radius 2 is 1.86 bits per heavy atom. The molecule has 0 aromatic heterocycles. The third-order valence-electron chi connectivity index (χ3n) is 1.74. The summed E-state index contributed by atoms with van der Waals surface area (Å²) in [4.78, 5) is 12.7. The molecule has 1 rings (SSSR count). The first-order valence-corrected chi connectivity index (χ1v) is 4.66. The lowest BCUT2D eigenvalue weighted by molar-refractivity contribution is -0.113. The van der Waals surface area contributed by atoms with Crippen LogP contribution in [0, 0.1) is 0 Å². The summed E-state index contributed by atoms with van der Waals surface area (Å²) in [5, 5.41) is 0.993. The lowest BCUT2D eigenvalue weighted by Crippen LogP contribution is -2.23. The predicted molar refractivity (Wildman–Crippen MR) is 60.1 cm³/mol. The molecule has 0 aliphatic heterocycles. The molecule has 0 N–H and O–H groups in total. The molecule has 4 heteroatoms. The molecule has 74 valence electrons. The van der Waals surface area contributed by atoms with Gasteiger partial charge in [0.2, 0.25) is 5.91 Å². The summed E-state index contributed by atoms with van der Waals surface area (Å²) in [5.74, 6) is -0.205. The summed E-state index contributed by atoms with van der Waals surface area (Å²) in [5.41, 5.74) is 0.646. The maximum Gasteiger partial charge on any atom is 0.250 e. The number of carbonyl (C=O) groups is 1. The van der Waals surface area contributed by atoms with Crippen molar-refractivity contribution < 1.29 is 4.79 Å². The first-order chi connectivity index (χ1) is 6.54. The monoisotopic (exact) mass is 229 g/mol. The van der Waals surface area contributed by atoms with Gasteiger partial charge in [-0.05, 0) is 24.3 Å². The maximum atomic E-state index is 11.3. The van der Waals surface area contributed by atoms with E-state index in [9.17, 15) is 4.79 Å². The Hall–Kier alpha value is -0.990. The van der Waals surface area contributed by atoms with E-state index in [2.05, 4.69) is 6.58 Å². The molecule has 0 aliphatic carbocycles. The highest BCUT2D eigenvalue weighted by Crippen LogP contribution is 2.24. The molecule has 0 saturated heterocycles. The van der Waals surface area contributed by atoms with E-state index in [0.29, 0.717) is 15.7 Å². The minimum atomic E-state index is -0.205. The highest BCUT2D eigenvalue weighted by molar-refractivity contribution is 6.35. The Labute approximate surface area is 92.7 Å². The summed E-state index contributed by atoms with van der Waals surface area (Å²) >= 11 is 11.6. The van der Waals surface area contributed by atoms with E-state index in [1.54, 1.807) is 25.2 Å². The summed E-state index contributed by atoms with van der Waals surface area (Å²) in [7, 11) is 1.63. The summed E-state index contributed by atoms with van der Waals surface area (Å²) in [6.45, 7) is 3.39. The average molecular weight is 230 g/mol. The molecule has 0 bridgehead atoms. The fourth-order valence-electron chi connectivity index (χ4n) is 0.997. The standard InChI is InChI=1S/C10H9Cl2NO/c1-3-10(14)13(2)9-5-7(11)4-8(12)6-9/h3-6H,1H2,2H3. The second-order valence-corrected chi connectivity index (χ2v) is 3.60. The summed E-state index contributed by atoms with van der Waals surface area (Å²) < 4.78 is 0. The Morgan fingerprint density at radius 3 is 2.29 bits per heavy atom. The van der Waals surface area contributed by atoms with Crippen molar-refractivity contribution in [3.63, 3.8) is 0 Å². The molecule has 14 heavy (non-hydrogen) atoms. The van der Waals surface area contributed by atoms with Crippen LogP contribution in [-0.4, -0.2) is 13.0 Å². The third-order valence-corrected chi connectivity index (χ3v) is 2.18. The fourth-order valence-corrected chi connectivity index (χ4v) is 1.51. The number of carbonyl (C=O) groups excluding carboxylic acids is 1. The van der Waals surface area contributed by atoms with E-state index in [-0.39, 0.29) is 5.91 Å². The van der Waals surface area contributed by atoms with Crippen LogP contribution < -0.4 is 4.90 Å². The van der Waals surface area contributed by atoms with E-state index in [0.717, 1.165) is 0 Å². The molecule has 0 saturated carbocycles. The molecular weight excluding hydrogens is 221 g/mol. The Balaban J connectivity index is 3.06. The van der Waals surface area contributed by atoms with Gasteiger partial charge in [-0.1, -0.05) is 29.8 Å². The molecule has 1 aromatic carbocycles. The molecule has 0 heterocycles. The van der Waals surface area contributed by atoms with Crippen LogP contribution in [0.5, 0.6) is 0 Å². The lowest BCUT2D eigenvalue weighted by atomic mass is 10.3. The predicted octanol–water partition coefficient (Wildman–Crippen LogP) is 3.14. The number of hydrogen-bond donors (Lipinski definition) is 0. The molecule has 1 amide bonds. The number of rotatable bonds is 2. The van der Waals surface area contributed by atoms with E-state index in [4.69, 9.17) is 23.2 Å². The lowest BCUT2D eigenvalue weighted by Gasteiger charge is -2.15. The highest BCUT2D eigenvalue weighted by atomic mass is 35.5. The van der Waals surface area contributed by atoms with E-state index in [1.165, 1.54) is 11.0 Å².